The molecule has 0 bridgehead atoms. The number of hydrogen-bond donors (Lipinski definition) is 5. The average Bonchev–Trinajstić information content (AvgIpc) is 3.54. The van der Waals surface area contributed by atoms with E-state index in [0.29, 0.717) is 41.5 Å². The number of urea groups is 1. The predicted molar refractivity (Wildman–Crippen MR) is 176 cm³/mol. The van der Waals surface area contributed by atoms with Gasteiger partial charge in [0.15, 0.2) is 5.82 Å². The molecule has 0 unspecified atom stereocenters. The van der Waals surface area contributed by atoms with E-state index in [1.165, 1.54) is 6.08 Å². The van der Waals surface area contributed by atoms with Crippen LogP contribution in [0.4, 0.5) is 27.7 Å². The molecule has 1 aromatic heterocycles. The summed E-state index contributed by atoms with van der Waals surface area (Å²) in [6.45, 7) is 8.47. The second kappa shape index (κ2) is 13.1. The minimum Gasteiger partial charge on any atom is -0.338 e. The molecule has 5 N–H and O–H groups in total. The minimum atomic E-state index is -0.624. The summed E-state index contributed by atoms with van der Waals surface area (Å²) in [5, 5.41) is 19.8. The Balaban J connectivity index is 1.28. The van der Waals surface area contributed by atoms with Crippen LogP contribution in [0.25, 0.3) is 0 Å². The molecular weight excluding hydrogens is 568 g/mol. The van der Waals surface area contributed by atoms with Gasteiger partial charge in [-0.05, 0) is 76.0 Å². The van der Waals surface area contributed by atoms with Gasteiger partial charge in [0.05, 0.1) is 23.8 Å². The third-order valence-electron chi connectivity index (χ3n) is 7.72. The van der Waals surface area contributed by atoms with Crippen LogP contribution in [0.1, 0.15) is 47.1 Å². The van der Waals surface area contributed by atoms with Gasteiger partial charge in [-0.1, -0.05) is 49.0 Å². The summed E-state index contributed by atoms with van der Waals surface area (Å²) in [5.41, 5.74) is 4.34. The highest BCUT2D eigenvalue weighted by Crippen LogP contribution is 2.41. The minimum absolute atomic E-state index is 0.163. The lowest BCUT2D eigenvalue weighted by Crippen LogP contribution is -2.48. The van der Waals surface area contributed by atoms with Gasteiger partial charge in [0, 0.05) is 34.7 Å². The van der Waals surface area contributed by atoms with E-state index >= 15 is 0 Å². The number of aromatic amines is 1. The monoisotopic (exact) mass is 606 g/mol. The number of carbonyl (C=O) groups is 3. The van der Waals surface area contributed by atoms with Crippen LogP contribution >= 0.6 is 0 Å². The molecule has 0 saturated heterocycles. The van der Waals surface area contributed by atoms with Gasteiger partial charge < -0.3 is 31.1 Å². The first-order valence-corrected chi connectivity index (χ1v) is 14.6. The number of hydrogen-bond acceptors (Lipinski definition) is 6. The molecule has 1 aliphatic rings. The number of carbonyl (C=O) groups excluding carboxylic acids is 3. The SMILES string of the molecule is C=CC(=O)Nc1cccc(C(=O)Nc2cccc(Nc3n[nH]c4c3CN(C(=O)N[C@H](CN(C)C)c3ccccc3)C4(C)C)c2)c1. The van der Waals surface area contributed by atoms with Gasteiger partial charge in [0.2, 0.25) is 5.91 Å². The molecule has 232 valence electrons. The summed E-state index contributed by atoms with van der Waals surface area (Å²) in [6.07, 6.45) is 1.17. The highest BCUT2D eigenvalue weighted by atomic mass is 16.2. The quantitative estimate of drug-likeness (QED) is 0.149. The van der Waals surface area contributed by atoms with Crippen molar-refractivity contribution >= 4 is 40.7 Å². The lowest BCUT2D eigenvalue weighted by molar-refractivity contribution is -0.111. The normalized spacial score (nSPS) is 13.9. The van der Waals surface area contributed by atoms with Crippen molar-refractivity contribution in [2.45, 2.75) is 32.0 Å². The van der Waals surface area contributed by atoms with Crippen LogP contribution in [-0.4, -0.2) is 58.5 Å². The molecule has 2 heterocycles. The van der Waals surface area contributed by atoms with Crippen molar-refractivity contribution in [3.05, 3.63) is 114 Å². The van der Waals surface area contributed by atoms with Gasteiger partial charge in [0.1, 0.15) is 0 Å². The Kier molecular flexibility index (Phi) is 9.01. The fourth-order valence-corrected chi connectivity index (χ4v) is 5.40. The van der Waals surface area contributed by atoms with Crippen LogP contribution in [0.15, 0.2) is 91.5 Å². The van der Waals surface area contributed by atoms with Gasteiger partial charge in [-0.2, -0.15) is 5.10 Å². The number of anilines is 4. The third-order valence-corrected chi connectivity index (χ3v) is 7.72. The maximum absolute atomic E-state index is 13.7. The van der Waals surface area contributed by atoms with Crippen molar-refractivity contribution in [3.63, 3.8) is 0 Å². The van der Waals surface area contributed by atoms with Crippen LogP contribution in [0.3, 0.4) is 0 Å². The number of nitrogens with zero attached hydrogens (tertiary/aromatic N) is 3. The van der Waals surface area contributed by atoms with Crippen LogP contribution < -0.4 is 21.3 Å². The Morgan fingerprint density at radius 2 is 1.67 bits per heavy atom. The van der Waals surface area contributed by atoms with E-state index in [2.05, 4.69) is 42.9 Å². The first-order chi connectivity index (χ1) is 21.5. The van der Waals surface area contributed by atoms with Crippen molar-refractivity contribution < 1.29 is 14.4 Å². The molecule has 45 heavy (non-hydrogen) atoms. The molecule has 3 aromatic carbocycles. The zero-order chi connectivity index (χ0) is 32.1. The Bertz CT molecular complexity index is 1710. The summed E-state index contributed by atoms with van der Waals surface area (Å²) >= 11 is 0. The number of rotatable bonds is 10. The van der Waals surface area contributed by atoms with Crippen LogP contribution in [-0.2, 0) is 16.9 Å². The van der Waals surface area contributed by atoms with E-state index in [9.17, 15) is 14.4 Å². The van der Waals surface area contributed by atoms with Gasteiger partial charge >= 0.3 is 6.03 Å². The highest BCUT2D eigenvalue weighted by molar-refractivity contribution is 6.06. The van der Waals surface area contributed by atoms with E-state index < -0.39 is 5.54 Å². The van der Waals surface area contributed by atoms with Crippen molar-refractivity contribution in [3.8, 4) is 0 Å². The van der Waals surface area contributed by atoms with Gasteiger partial charge in [0.25, 0.3) is 5.91 Å². The lowest BCUT2D eigenvalue weighted by Gasteiger charge is -2.34. The smallest absolute Gasteiger partial charge is 0.319 e. The molecule has 11 heteroatoms. The van der Waals surface area contributed by atoms with Gasteiger partial charge in [-0.25, -0.2) is 4.79 Å². The van der Waals surface area contributed by atoms with Crippen molar-refractivity contribution in [1.29, 1.82) is 0 Å². The topological polar surface area (TPSA) is 134 Å². The number of aromatic nitrogens is 2. The number of fused-ring (bicyclic) bond motifs is 1. The first-order valence-electron chi connectivity index (χ1n) is 14.6. The maximum Gasteiger partial charge on any atom is 0.319 e. The number of amides is 4. The molecule has 0 radical (unpaired) electrons. The highest BCUT2D eigenvalue weighted by Gasteiger charge is 2.44. The standard InChI is InChI=1S/C34H38N8O3/c1-6-29(43)35-24-15-10-14-23(18-24)32(44)37-26-17-11-16-25(19-26)36-31-27-20-42(34(2,3)30(27)39-40-31)33(45)38-28(21-41(4)5)22-12-8-7-9-13-22/h6-19,28H,1,20-21H2,2-5H3,(H,35,43)(H,37,44)(H,38,45)(H2,36,39,40)/t28-/m1/s1. The molecule has 0 fully saturated rings. The van der Waals surface area contributed by atoms with Gasteiger partial charge in [-0.3, -0.25) is 14.7 Å². The molecule has 1 aliphatic heterocycles. The zero-order valence-corrected chi connectivity index (χ0v) is 25.8. The fraction of sp³-hybridized carbons (Fsp3) is 0.235. The van der Waals surface area contributed by atoms with Crippen LogP contribution in [0.5, 0.6) is 0 Å². The predicted octanol–water partition coefficient (Wildman–Crippen LogP) is 5.59. The molecule has 11 nitrogen and oxygen atoms in total. The fourth-order valence-electron chi connectivity index (χ4n) is 5.40. The second-order valence-corrected chi connectivity index (χ2v) is 11.7. The third kappa shape index (κ3) is 7.05. The summed E-state index contributed by atoms with van der Waals surface area (Å²) in [4.78, 5) is 42.2. The zero-order valence-electron chi connectivity index (χ0n) is 25.8. The molecule has 5 rings (SSSR count). The molecule has 1 atom stereocenters. The first kappa shape index (κ1) is 31.0. The Hall–Kier alpha value is -5.42. The largest absolute Gasteiger partial charge is 0.338 e. The molecule has 4 amide bonds. The number of likely N-dealkylation sites (N-methyl/N-ethyl adjacent to an activating group) is 1. The van der Waals surface area contributed by atoms with E-state index in [0.717, 1.165) is 16.8 Å². The van der Waals surface area contributed by atoms with Gasteiger partial charge in [-0.15, -0.1) is 0 Å². The lowest BCUT2D eigenvalue weighted by atomic mass is 10.0. The average molecular weight is 607 g/mol. The number of H-pyrrole nitrogens is 1. The van der Waals surface area contributed by atoms with E-state index in [1.807, 2.05) is 75.3 Å². The molecule has 0 spiro atoms. The van der Waals surface area contributed by atoms with E-state index in [1.54, 1.807) is 36.4 Å². The van der Waals surface area contributed by atoms with E-state index in [-0.39, 0.29) is 23.9 Å². The summed E-state index contributed by atoms with van der Waals surface area (Å²) < 4.78 is 0. The van der Waals surface area contributed by atoms with Crippen molar-refractivity contribution in [2.75, 3.05) is 36.6 Å². The van der Waals surface area contributed by atoms with E-state index in [4.69, 9.17) is 0 Å². The summed E-state index contributed by atoms with van der Waals surface area (Å²) in [7, 11) is 3.97. The van der Waals surface area contributed by atoms with Crippen LogP contribution in [0, 0.1) is 0 Å². The Labute approximate surface area is 262 Å². The van der Waals surface area contributed by atoms with Crippen molar-refractivity contribution in [1.82, 2.24) is 25.3 Å². The Morgan fingerprint density at radius 1 is 0.978 bits per heavy atom. The number of benzene rings is 3. The molecule has 0 aliphatic carbocycles. The van der Waals surface area contributed by atoms with Crippen molar-refractivity contribution in [2.24, 2.45) is 0 Å². The molecule has 4 aromatic rings. The Morgan fingerprint density at radius 3 is 2.38 bits per heavy atom. The molecule has 0 saturated carbocycles. The summed E-state index contributed by atoms with van der Waals surface area (Å²) in [5.74, 6) is -0.0755. The second-order valence-electron chi connectivity index (χ2n) is 11.7. The summed E-state index contributed by atoms with van der Waals surface area (Å²) in [6, 6.07) is 23.6. The number of nitrogens with one attached hydrogen (secondary N) is 5. The maximum atomic E-state index is 13.7. The van der Waals surface area contributed by atoms with Crippen LogP contribution in [0.2, 0.25) is 0 Å². The molecular formula is C34H38N8O3.